The molecule has 0 aliphatic carbocycles. The number of carbonyl (C=O) groups excluding carboxylic acids is 6. The molecule has 3 aliphatic heterocycles. The Morgan fingerprint density at radius 1 is 0.648 bits per heavy atom. The number of carbonyl (C=O) groups is 6. The van der Waals surface area contributed by atoms with Crippen molar-refractivity contribution in [3.63, 3.8) is 0 Å². The van der Waals surface area contributed by atoms with Crippen molar-refractivity contribution < 1.29 is 52.5 Å². The van der Waals surface area contributed by atoms with Gasteiger partial charge >= 0.3 is 6.09 Å². The van der Waals surface area contributed by atoms with Gasteiger partial charge in [-0.05, 0) is 41.0 Å². The molecule has 4 heterocycles. The number of amides is 6. The fourth-order valence-corrected chi connectivity index (χ4v) is 10.5. The molecule has 0 fully saturated rings. The molecular weight excluding hydrogens is 974 g/mol. The number of fused-ring (bicyclic) bond motifs is 6. The highest BCUT2D eigenvalue weighted by molar-refractivity contribution is 7.16. The van der Waals surface area contributed by atoms with Crippen molar-refractivity contribution in [1.82, 2.24) is 14.7 Å². The van der Waals surface area contributed by atoms with Gasteiger partial charge < -0.3 is 43.3 Å². The van der Waals surface area contributed by atoms with E-state index in [0.717, 1.165) is 49.2 Å². The minimum Gasteiger partial charge on any atom is -0.493 e. The van der Waals surface area contributed by atoms with Gasteiger partial charge in [-0.25, -0.2) is 4.79 Å². The van der Waals surface area contributed by atoms with Gasteiger partial charge in [-0.15, -0.1) is 34.5 Å². The lowest BCUT2D eigenvalue weighted by Gasteiger charge is -2.23. The van der Waals surface area contributed by atoms with Gasteiger partial charge in [-0.2, -0.15) is 0 Å². The maximum absolute atomic E-state index is 14.5. The second-order valence-corrected chi connectivity index (χ2v) is 18.9. The van der Waals surface area contributed by atoms with Crippen molar-refractivity contribution in [2.75, 3.05) is 115 Å². The normalized spacial score (nSPS) is 16.0. The Labute approximate surface area is 425 Å². The third kappa shape index (κ3) is 11.2. The molecule has 0 spiro atoms. The van der Waals surface area contributed by atoms with Crippen molar-refractivity contribution in [3.05, 3.63) is 106 Å². The number of rotatable bonds is 22. The van der Waals surface area contributed by atoms with Gasteiger partial charge in [0.25, 0.3) is 23.6 Å². The molecule has 19 heteroatoms. The average Bonchev–Trinajstić information content (AvgIpc) is 4.19. The molecular formula is C52H55Cl2N5O11S. The highest BCUT2D eigenvalue weighted by Crippen LogP contribution is 2.48. The number of alkyl halides is 2. The van der Waals surface area contributed by atoms with E-state index in [1.54, 1.807) is 42.1 Å². The first kappa shape index (κ1) is 51.3. The van der Waals surface area contributed by atoms with Crippen molar-refractivity contribution in [1.29, 1.82) is 0 Å². The molecule has 0 bridgehead atoms. The number of halogens is 2. The summed E-state index contributed by atoms with van der Waals surface area (Å²) in [5.41, 5.74) is 3.18. The van der Waals surface area contributed by atoms with E-state index < -0.39 is 6.09 Å². The van der Waals surface area contributed by atoms with Crippen LogP contribution in [-0.4, -0.2) is 155 Å². The van der Waals surface area contributed by atoms with Crippen LogP contribution in [0.15, 0.2) is 84.9 Å². The summed E-state index contributed by atoms with van der Waals surface area (Å²) in [5.74, 6) is -0.207. The monoisotopic (exact) mass is 1030 g/mol. The molecule has 5 aromatic rings. The number of thiophene rings is 1. The topological polar surface area (TPSA) is 165 Å². The summed E-state index contributed by atoms with van der Waals surface area (Å²) in [6, 6.07) is 22.5. The van der Waals surface area contributed by atoms with E-state index in [4.69, 9.17) is 46.9 Å². The van der Waals surface area contributed by atoms with Crippen LogP contribution in [0.25, 0.3) is 21.5 Å². The van der Waals surface area contributed by atoms with Gasteiger partial charge in [-0.3, -0.25) is 28.9 Å². The standard InChI is InChI=1S/C52H55Cl2N5O11S/c1-4-69-41-27-39-48(37-11-7-5-9-35(37)41)33(29-53)31-58(39)50(63)43-13-14-44(71-43)51(64)59-32-34(30-54)49-38-12-8-6-10-36(38)42(28-40(49)59)70-52(65)56(3)19-18-55(2)45(60)17-21-66-23-25-68-26-24-67-22-20-57-46(61)15-16-47(57)62/h5-16,27-28,33-34H,4,17-26,29-32H2,1-3H3. The van der Waals surface area contributed by atoms with Crippen molar-refractivity contribution in [3.8, 4) is 11.5 Å². The van der Waals surface area contributed by atoms with Crippen molar-refractivity contribution in [2.24, 2.45) is 0 Å². The molecule has 8 rings (SSSR count). The molecule has 374 valence electrons. The van der Waals surface area contributed by atoms with Crippen LogP contribution in [0, 0.1) is 0 Å². The Bertz CT molecular complexity index is 2840. The first-order valence-corrected chi connectivity index (χ1v) is 25.4. The number of hydrogen-bond acceptors (Lipinski definition) is 12. The van der Waals surface area contributed by atoms with Crippen LogP contribution in [0.2, 0.25) is 0 Å². The van der Waals surface area contributed by atoms with E-state index in [9.17, 15) is 28.8 Å². The van der Waals surface area contributed by atoms with Gasteiger partial charge in [0.2, 0.25) is 5.91 Å². The summed E-state index contributed by atoms with van der Waals surface area (Å²) < 4.78 is 28.5. The SMILES string of the molecule is CCOc1cc2c(c3ccccc13)C(CCl)CN2C(=O)c1ccc(C(=O)N2CC(CCl)c3c2cc(OC(=O)N(C)CCN(C)C(=O)CCOCCOCCOCCN2C(=O)C=CC2=O)c2ccccc32)s1. The summed E-state index contributed by atoms with van der Waals surface area (Å²) in [5, 5.41) is 3.43. The molecule has 4 aromatic carbocycles. The highest BCUT2D eigenvalue weighted by atomic mass is 35.5. The van der Waals surface area contributed by atoms with Crippen LogP contribution in [0.3, 0.4) is 0 Å². The lowest BCUT2D eigenvalue weighted by molar-refractivity contribution is -0.138. The number of hydrogen-bond donors (Lipinski definition) is 0. The fourth-order valence-electron chi connectivity index (χ4n) is 9.04. The molecule has 3 aliphatic rings. The molecule has 6 amide bonds. The Balaban J connectivity index is 0.856. The maximum atomic E-state index is 14.5. The van der Waals surface area contributed by atoms with E-state index in [2.05, 4.69) is 0 Å². The molecule has 0 radical (unpaired) electrons. The molecule has 0 saturated heterocycles. The summed E-state index contributed by atoms with van der Waals surface area (Å²) in [6.45, 7) is 5.22. The molecule has 16 nitrogen and oxygen atoms in total. The molecule has 0 N–H and O–H groups in total. The minimum absolute atomic E-state index is 0.0931. The Hall–Kier alpha value is -6.08. The number of anilines is 2. The summed E-state index contributed by atoms with van der Waals surface area (Å²) in [7, 11) is 3.24. The van der Waals surface area contributed by atoms with Crippen LogP contribution in [-0.2, 0) is 28.6 Å². The van der Waals surface area contributed by atoms with E-state index in [0.29, 0.717) is 58.8 Å². The maximum Gasteiger partial charge on any atom is 0.415 e. The Kier molecular flexibility index (Phi) is 16.9. The van der Waals surface area contributed by atoms with Gasteiger partial charge in [-0.1, -0.05) is 48.5 Å². The van der Waals surface area contributed by atoms with Gasteiger partial charge in [0.15, 0.2) is 0 Å². The van der Waals surface area contributed by atoms with Crippen LogP contribution in [0.5, 0.6) is 11.5 Å². The predicted molar refractivity (Wildman–Crippen MR) is 273 cm³/mol. The van der Waals surface area contributed by atoms with E-state index in [1.165, 1.54) is 22.0 Å². The average molecular weight is 1030 g/mol. The minimum atomic E-state index is -0.647. The van der Waals surface area contributed by atoms with Gasteiger partial charge in [0.05, 0.1) is 80.3 Å². The van der Waals surface area contributed by atoms with E-state index >= 15 is 0 Å². The summed E-state index contributed by atoms with van der Waals surface area (Å²) >= 11 is 14.2. The largest absolute Gasteiger partial charge is 0.493 e. The molecule has 2 unspecified atom stereocenters. The second-order valence-electron chi connectivity index (χ2n) is 17.2. The molecule has 0 saturated carbocycles. The van der Waals surface area contributed by atoms with E-state index in [1.807, 2.05) is 61.5 Å². The molecule has 71 heavy (non-hydrogen) atoms. The van der Waals surface area contributed by atoms with Crippen LogP contribution >= 0.6 is 34.5 Å². The second kappa shape index (κ2) is 23.4. The summed E-state index contributed by atoms with van der Waals surface area (Å²) in [6.07, 6.45) is 1.95. The number of imide groups is 1. The number of nitrogens with zero attached hydrogens (tertiary/aromatic N) is 5. The molecule has 1 aromatic heterocycles. The lowest BCUT2D eigenvalue weighted by Crippen LogP contribution is -2.38. The Morgan fingerprint density at radius 2 is 1.13 bits per heavy atom. The smallest absolute Gasteiger partial charge is 0.415 e. The number of likely N-dealkylation sites (N-methyl/N-ethyl adjacent to an activating group) is 2. The zero-order valence-electron chi connectivity index (χ0n) is 39.7. The Morgan fingerprint density at radius 3 is 1.66 bits per heavy atom. The highest BCUT2D eigenvalue weighted by Gasteiger charge is 2.38. The van der Waals surface area contributed by atoms with Crippen LogP contribution < -0.4 is 19.3 Å². The number of ether oxygens (including phenoxy) is 5. The third-order valence-corrected chi connectivity index (χ3v) is 14.5. The van der Waals surface area contributed by atoms with Gasteiger partial charge in [0.1, 0.15) is 11.5 Å². The quantitative estimate of drug-likeness (QED) is 0.0380. The fraction of sp³-hybridized carbons (Fsp3) is 0.385. The van der Waals surface area contributed by atoms with Crippen molar-refractivity contribution in [2.45, 2.75) is 25.2 Å². The van der Waals surface area contributed by atoms with Crippen LogP contribution in [0.4, 0.5) is 16.2 Å². The third-order valence-electron chi connectivity index (χ3n) is 12.7. The zero-order chi connectivity index (χ0) is 50.2. The zero-order valence-corrected chi connectivity index (χ0v) is 42.1. The first-order chi connectivity index (χ1) is 34.4. The lowest BCUT2D eigenvalue weighted by atomic mass is 9.95. The summed E-state index contributed by atoms with van der Waals surface area (Å²) in [4.78, 5) is 86.7. The number of benzene rings is 4. The molecule has 2 atom stereocenters. The first-order valence-electron chi connectivity index (χ1n) is 23.5. The van der Waals surface area contributed by atoms with Crippen molar-refractivity contribution >= 4 is 103 Å². The van der Waals surface area contributed by atoms with Gasteiger partial charge in [0, 0.05) is 98.9 Å². The van der Waals surface area contributed by atoms with Crippen LogP contribution in [0.1, 0.15) is 55.7 Å². The predicted octanol–water partition coefficient (Wildman–Crippen LogP) is 7.67. The van der Waals surface area contributed by atoms with E-state index in [-0.39, 0.29) is 112 Å².